The summed E-state index contributed by atoms with van der Waals surface area (Å²) >= 11 is 0. The van der Waals surface area contributed by atoms with Gasteiger partial charge >= 0.3 is 0 Å². The van der Waals surface area contributed by atoms with E-state index in [2.05, 4.69) is 46.7 Å². The van der Waals surface area contributed by atoms with Gasteiger partial charge in [-0.15, -0.1) is 0 Å². The van der Waals surface area contributed by atoms with Crippen LogP contribution in [-0.4, -0.2) is 88.8 Å². The van der Waals surface area contributed by atoms with Gasteiger partial charge in [-0.1, -0.05) is 6.92 Å². The topological polar surface area (TPSA) is 90.2 Å². The maximum absolute atomic E-state index is 6.09. The highest BCUT2D eigenvalue weighted by atomic mass is 16.5. The number of nitrogens with one attached hydrogen (secondary N) is 3. The Balaban J connectivity index is 4.20. The molecule has 0 amide bonds. The van der Waals surface area contributed by atoms with Crippen molar-refractivity contribution in [1.82, 2.24) is 25.8 Å². The summed E-state index contributed by atoms with van der Waals surface area (Å²) in [6.07, 6.45) is 1.89. The van der Waals surface area contributed by atoms with Crippen molar-refractivity contribution in [1.29, 1.82) is 0 Å². The Morgan fingerprint density at radius 1 is 1.30 bits per heavy atom. The van der Waals surface area contributed by atoms with Gasteiger partial charge in [0.15, 0.2) is 0 Å². The van der Waals surface area contributed by atoms with E-state index in [1.807, 2.05) is 18.9 Å². The Bertz CT molecular complexity index is 291. The third-order valence-electron chi connectivity index (χ3n) is 3.30. The van der Waals surface area contributed by atoms with Gasteiger partial charge in [-0.05, 0) is 34.5 Å². The first-order chi connectivity index (χ1) is 11.0. The van der Waals surface area contributed by atoms with E-state index in [0.29, 0.717) is 20.0 Å². The summed E-state index contributed by atoms with van der Waals surface area (Å²) in [7, 11) is 4.02. The molecule has 2 atom stereocenters. The average molecular weight is 332 g/mol. The molecule has 0 aliphatic rings. The fourth-order valence-corrected chi connectivity index (χ4v) is 2.15. The number of hydrogen-bond donors (Lipinski definition) is 4. The minimum absolute atomic E-state index is 0.0544. The van der Waals surface area contributed by atoms with E-state index >= 15 is 0 Å². The van der Waals surface area contributed by atoms with E-state index in [9.17, 15) is 0 Å². The third-order valence-corrected chi connectivity index (χ3v) is 3.30. The molecule has 0 radical (unpaired) electrons. The highest BCUT2D eigenvalue weighted by molar-refractivity contribution is 5.54. The van der Waals surface area contributed by atoms with Gasteiger partial charge in [0.05, 0.1) is 25.8 Å². The third kappa shape index (κ3) is 12.3. The van der Waals surface area contributed by atoms with Crippen molar-refractivity contribution in [2.75, 3.05) is 60.3 Å². The number of hydrogen-bond acceptors (Lipinski definition) is 7. The molecule has 0 rings (SSSR count). The minimum atomic E-state index is -0.0544. The second kappa shape index (κ2) is 14.8. The first kappa shape index (κ1) is 22.2. The van der Waals surface area contributed by atoms with Crippen molar-refractivity contribution in [3.63, 3.8) is 0 Å². The lowest BCUT2D eigenvalue weighted by Gasteiger charge is -2.30. The van der Waals surface area contributed by atoms with E-state index in [1.54, 1.807) is 6.34 Å². The Morgan fingerprint density at radius 2 is 2.04 bits per heavy atom. The Hall–Kier alpha value is -0.770. The van der Waals surface area contributed by atoms with Crippen LogP contribution in [0, 0.1) is 0 Å². The van der Waals surface area contributed by atoms with Gasteiger partial charge in [0.2, 0.25) is 0 Å². The summed E-state index contributed by atoms with van der Waals surface area (Å²) in [4.78, 5) is 8.59. The second-order valence-electron chi connectivity index (χ2n) is 5.60. The fourth-order valence-electron chi connectivity index (χ4n) is 2.15. The molecule has 0 aromatic carbocycles. The van der Waals surface area contributed by atoms with Gasteiger partial charge in [0.1, 0.15) is 6.23 Å². The summed E-state index contributed by atoms with van der Waals surface area (Å²) in [6.45, 7) is 11.8. The molecule has 0 saturated carbocycles. The van der Waals surface area contributed by atoms with Crippen molar-refractivity contribution >= 4 is 6.34 Å². The van der Waals surface area contributed by atoms with Crippen LogP contribution in [0.15, 0.2) is 4.99 Å². The maximum Gasteiger partial charge on any atom is 0.129 e. The number of aliphatic imine (C=N–C) groups is 1. The molecular formula is C15H37N7O. The molecule has 0 heterocycles. The lowest BCUT2D eigenvalue weighted by molar-refractivity contribution is -0.0636. The van der Waals surface area contributed by atoms with Crippen LogP contribution in [0.3, 0.4) is 0 Å². The molecule has 8 heteroatoms. The Morgan fingerprint density at radius 3 is 2.65 bits per heavy atom. The number of rotatable bonds is 15. The maximum atomic E-state index is 6.09. The summed E-state index contributed by atoms with van der Waals surface area (Å²) in [5.41, 5.74) is 5.37. The van der Waals surface area contributed by atoms with Crippen LogP contribution in [0.1, 0.15) is 20.8 Å². The number of ether oxygens (including phenoxy) is 1. The number of nitrogens with two attached hydrogens (primary N) is 1. The molecule has 8 nitrogen and oxygen atoms in total. The molecule has 0 bridgehead atoms. The van der Waals surface area contributed by atoms with E-state index in [0.717, 1.165) is 26.2 Å². The summed E-state index contributed by atoms with van der Waals surface area (Å²) in [5, 5.41) is 9.41. The van der Waals surface area contributed by atoms with Crippen molar-refractivity contribution < 1.29 is 4.74 Å². The molecule has 138 valence electrons. The van der Waals surface area contributed by atoms with Gasteiger partial charge in [0.25, 0.3) is 0 Å². The molecule has 0 saturated heterocycles. The van der Waals surface area contributed by atoms with Crippen LogP contribution in [0.5, 0.6) is 0 Å². The highest BCUT2D eigenvalue weighted by Crippen LogP contribution is 2.03. The van der Waals surface area contributed by atoms with E-state index in [1.165, 1.54) is 0 Å². The Labute approximate surface area is 141 Å². The minimum Gasteiger partial charge on any atom is -0.354 e. The molecule has 5 N–H and O–H groups in total. The second-order valence-corrected chi connectivity index (χ2v) is 5.60. The van der Waals surface area contributed by atoms with Crippen LogP contribution in [0.2, 0.25) is 0 Å². The first-order valence-corrected chi connectivity index (χ1v) is 8.40. The van der Waals surface area contributed by atoms with Crippen LogP contribution >= 0.6 is 0 Å². The van der Waals surface area contributed by atoms with Crippen LogP contribution in [-0.2, 0) is 4.74 Å². The van der Waals surface area contributed by atoms with Crippen molar-refractivity contribution in [2.45, 2.75) is 33.1 Å². The molecule has 0 spiro atoms. The normalized spacial score (nSPS) is 14.6. The number of likely N-dealkylation sites (N-methyl/N-ethyl adjacent to an activating group) is 2. The fraction of sp³-hybridized carbons (Fsp3) is 0.933. The van der Waals surface area contributed by atoms with Crippen LogP contribution < -0.4 is 21.7 Å². The van der Waals surface area contributed by atoms with Crippen LogP contribution in [0.4, 0.5) is 0 Å². The summed E-state index contributed by atoms with van der Waals surface area (Å²) in [5.74, 6) is 0. The van der Waals surface area contributed by atoms with Gasteiger partial charge in [-0.3, -0.25) is 10.3 Å². The molecular weight excluding hydrogens is 294 g/mol. The predicted molar refractivity (Wildman–Crippen MR) is 97.4 cm³/mol. The first-order valence-electron chi connectivity index (χ1n) is 8.40. The quantitative estimate of drug-likeness (QED) is 0.136. The molecule has 0 aromatic rings. The van der Waals surface area contributed by atoms with E-state index in [-0.39, 0.29) is 12.3 Å². The Kier molecular flexibility index (Phi) is 14.3. The lowest BCUT2D eigenvalue weighted by Crippen LogP contribution is -2.43. The van der Waals surface area contributed by atoms with Crippen molar-refractivity contribution in [3.05, 3.63) is 0 Å². The van der Waals surface area contributed by atoms with Gasteiger partial charge in [-0.25, -0.2) is 0 Å². The summed E-state index contributed by atoms with van der Waals surface area (Å²) < 4.78 is 6.09. The number of nitrogens with zero attached hydrogens (tertiary/aromatic N) is 3. The van der Waals surface area contributed by atoms with Crippen molar-refractivity contribution in [3.8, 4) is 0 Å². The monoisotopic (exact) mass is 331 g/mol. The zero-order valence-corrected chi connectivity index (χ0v) is 15.5. The van der Waals surface area contributed by atoms with E-state index in [4.69, 9.17) is 10.5 Å². The van der Waals surface area contributed by atoms with E-state index < -0.39 is 0 Å². The van der Waals surface area contributed by atoms with Crippen LogP contribution in [0.25, 0.3) is 0 Å². The predicted octanol–water partition coefficient (Wildman–Crippen LogP) is -0.751. The molecule has 0 aromatic heterocycles. The SMILES string of the molecule is CCNCCN(C)C[C@H](C)O[C@H](C)N(C=NCNCN)CNC. The van der Waals surface area contributed by atoms with Gasteiger partial charge < -0.3 is 30.9 Å². The van der Waals surface area contributed by atoms with Gasteiger partial charge in [0, 0.05) is 26.3 Å². The average Bonchev–Trinajstić information content (AvgIpc) is 2.50. The van der Waals surface area contributed by atoms with Crippen molar-refractivity contribution in [2.24, 2.45) is 10.7 Å². The zero-order valence-electron chi connectivity index (χ0n) is 15.5. The molecule has 0 aliphatic carbocycles. The lowest BCUT2D eigenvalue weighted by atomic mass is 10.3. The zero-order chi connectivity index (χ0) is 17.5. The smallest absolute Gasteiger partial charge is 0.129 e. The highest BCUT2D eigenvalue weighted by Gasteiger charge is 2.15. The van der Waals surface area contributed by atoms with Gasteiger partial charge in [-0.2, -0.15) is 0 Å². The largest absolute Gasteiger partial charge is 0.354 e. The molecule has 0 fully saturated rings. The standard InChI is InChI=1S/C15H37N7O/c1-6-18-7-8-21(5)9-14(2)23-15(3)22(12-17-4)13-20-11-19-10-16/h13-15,17-19H,6-12,16H2,1-5H3/t14-,15+/m0/s1. The summed E-state index contributed by atoms with van der Waals surface area (Å²) in [6, 6.07) is 0. The molecule has 0 aliphatic heterocycles. The molecule has 0 unspecified atom stereocenters. The molecule has 23 heavy (non-hydrogen) atoms.